The first kappa shape index (κ1) is 12.5. The smallest absolute Gasteiger partial charge is 0.283 e. The fraction of sp³-hybridized carbons (Fsp3) is 0.462. The van der Waals surface area contributed by atoms with Crippen LogP contribution in [0.4, 0.5) is 0 Å². The van der Waals surface area contributed by atoms with Gasteiger partial charge in [0.1, 0.15) is 5.52 Å². The Labute approximate surface area is 114 Å². The minimum absolute atomic E-state index is 0.0903. The Kier molecular flexibility index (Phi) is 3.20. The minimum atomic E-state index is -0.436. The number of piperidine rings is 1. The van der Waals surface area contributed by atoms with Crippen molar-refractivity contribution in [3.63, 3.8) is 0 Å². The zero-order valence-corrected chi connectivity index (χ0v) is 11.4. The zero-order chi connectivity index (χ0) is 13.4. The molecule has 0 aliphatic carbocycles. The van der Waals surface area contributed by atoms with Gasteiger partial charge in [0, 0.05) is 12.7 Å². The van der Waals surface area contributed by atoms with Crippen LogP contribution in [0.1, 0.15) is 29.6 Å². The predicted molar refractivity (Wildman–Crippen MR) is 73.2 cm³/mol. The van der Waals surface area contributed by atoms with E-state index in [1.54, 1.807) is 17.3 Å². The SMILES string of the molecule is C[C@@H]1[C@H](O)CCCN1C(=O)c1nc2cnccc2s1. The number of hydrogen-bond acceptors (Lipinski definition) is 5. The van der Waals surface area contributed by atoms with Crippen LogP contribution < -0.4 is 0 Å². The van der Waals surface area contributed by atoms with Crippen molar-refractivity contribution in [2.24, 2.45) is 0 Å². The van der Waals surface area contributed by atoms with Gasteiger partial charge in [-0.25, -0.2) is 4.98 Å². The maximum absolute atomic E-state index is 12.5. The summed E-state index contributed by atoms with van der Waals surface area (Å²) in [5, 5.41) is 10.3. The second-order valence-corrected chi connectivity index (χ2v) is 5.84. The molecule has 19 heavy (non-hydrogen) atoms. The molecule has 3 rings (SSSR count). The van der Waals surface area contributed by atoms with E-state index in [1.807, 2.05) is 13.0 Å². The Bertz CT molecular complexity index is 580. The highest BCUT2D eigenvalue weighted by atomic mass is 32.1. The average molecular weight is 277 g/mol. The fourth-order valence-electron chi connectivity index (χ4n) is 2.40. The van der Waals surface area contributed by atoms with Gasteiger partial charge in [-0.05, 0) is 25.8 Å². The van der Waals surface area contributed by atoms with Crippen LogP contribution in [-0.2, 0) is 0 Å². The van der Waals surface area contributed by atoms with Crippen molar-refractivity contribution in [3.05, 3.63) is 23.5 Å². The van der Waals surface area contributed by atoms with Gasteiger partial charge >= 0.3 is 0 Å². The number of fused-ring (bicyclic) bond motifs is 1. The lowest BCUT2D eigenvalue weighted by molar-refractivity contribution is 0.0181. The number of carbonyl (C=O) groups excluding carboxylic acids is 1. The molecule has 2 aromatic heterocycles. The van der Waals surface area contributed by atoms with E-state index in [0.29, 0.717) is 11.6 Å². The van der Waals surface area contributed by atoms with Crippen LogP contribution >= 0.6 is 11.3 Å². The molecule has 5 nitrogen and oxygen atoms in total. The van der Waals surface area contributed by atoms with Crippen LogP contribution in [0.15, 0.2) is 18.5 Å². The number of amides is 1. The van der Waals surface area contributed by atoms with Crippen molar-refractivity contribution in [2.75, 3.05) is 6.54 Å². The molecule has 1 fully saturated rings. The van der Waals surface area contributed by atoms with Gasteiger partial charge in [-0.15, -0.1) is 11.3 Å². The number of likely N-dealkylation sites (tertiary alicyclic amines) is 1. The van der Waals surface area contributed by atoms with E-state index in [4.69, 9.17) is 0 Å². The van der Waals surface area contributed by atoms with Crippen molar-refractivity contribution in [3.8, 4) is 0 Å². The molecule has 100 valence electrons. The normalized spacial score (nSPS) is 23.8. The van der Waals surface area contributed by atoms with E-state index in [1.165, 1.54) is 11.3 Å². The van der Waals surface area contributed by atoms with Crippen molar-refractivity contribution < 1.29 is 9.90 Å². The molecule has 0 bridgehead atoms. The molecule has 0 radical (unpaired) electrons. The third-order valence-electron chi connectivity index (χ3n) is 3.58. The van der Waals surface area contributed by atoms with E-state index >= 15 is 0 Å². The number of rotatable bonds is 1. The zero-order valence-electron chi connectivity index (χ0n) is 10.6. The van der Waals surface area contributed by atoms with Crippen molar-refractivity contribution in [2.45, 2.75) is 31.9 Å². The van der Waals surface area contributed by atoms with E-state index in [9.17, 15) is 9.90 Å². The van der Waals surface area contributed by atoms with Crippen LogP contribution in [-0.4, -0.2) is 44.6 Å². The molecule has 2 atom stereocenters. The Morgan fingerprint density at radius 3 is 3.21 bits per heavy atom. The molecular weight excluding hydrogens is 262 g/mol. The molecule has 0 unspecified atom stereocenters. The van der Waals surface area contributed by atoms with Gasteiger partial charge in [-0.2, -0.15) is 0 Å². The van der Waals surface area contributed by atoms with Gasteiger partial charge in [0.25, 0.3) is 5.91 Å². The highest BCUT2D eigenvalue weighted by molar-refractivity contribution is 7.20. The minimum Gasteiger partial charge on any atom is -0.391 e. The Hall–Kier alpha value is -1.53. The van der Waals surface area contributed by atoms with E-state index < -0.39 is 6.10 Å². The van der Waals surface area contributed by atoms with Crippen LogP contribution in [0.5, 0.6) is 0 Å². The summed E-state index contributed by atoms with van der Waals surface area (Å²) in [7, 11) is 0. The third kappa shape index (κ3) is 2.21. The summed E-state index contributed by atoms with van der Waals surface area (Å²) < 4.78 is 0.962. The highest BCUT2D eigenvalue weighted by Gasteiger charge is 2.31. The topological polar surface area (TPSA) is 66.3 Å². The summed E-state index contributed by atoms with van der Waals surface area (Å²) in [5.41, 5.74) is 0.751. The molecule has 1 amide bonds. The standard InChI is InChI=1S/C13H15N3O2S/c1-8-10(17)3-2-6-16(8)13(18)12-15-9-7-14-5-4-11(9)19-12/h4-5,7-8,10,17H,2-3,6H2,1H3/t8-,10-/m1/s1. The highest BCUT2D eigenvalue weighted by Crippen LogP contribution is 2.25. The monoisotopic (exact) mass is 277 g/mol. The molecule has 0 spiro atoms. The summed E-state index contributed by atoms with van der Waals surface area (Å²) in [6.45, 7) is 2.57. The van der Waals surface area contributed by atoms with E-state index in [0.717, 1.165) is 23.1 Å². The first-order chi connectivity index (χ1) is 9.16. The molecule has 0 saturated carbocycles. The average Bonchev–Trinajstić information content (AvgIpc) is 2.85. The molecule has 1 aliphatic rings. The number of nitrogens with zero attached hydrogens (tertiary/aromatic N) is 3. The Balaban J connectivity index is 1.90. The summed E-state index contributed by atoms with van der Waals surface area (Å²) in [6.07, 6.45) is 4.52. The molecule has 1 saturated heterocycles. The van der Waals surface area contributed by atoms with Gasteiger partial charge in [0.05, 0.1) is 23.0 Å². The van der Waals surface area contributed by atoms with Crippen molar-refractivity contribution >= 4 is 27.5 Å². The number of aliphatic hydroxyl groups is 1. The Morgan fingerprint density at radius 2 is 2.42 bits per heavy atom. The van der Waals surface area contributed by atoms with Gasteiger partial charge in [-0.1, -0.05) is 0 Å². The molecule has 3 heterocycles. The number of aromatic nitrogens is 2. The predicted octanol–water partition coefficient (Wildman–Crippen LogP) is 1.68. The number of hydrogen-bond donors (Lipinski definition) is 1. The molecule has 1 aliphatic heterocycles. The lowest BCUT2D eigenvalue weighted by Gasteiger charge is -2.36. The maximum Gasteiger partial charge on any atom is 0.283 e. The molecule has 1 N–H and O–H groups in total. The molecule has 0 aromatic carbocycles. The van der Waals surface area contributed by atoms with Crippen LogP contribution in [0, 0.1) is 0 Å². The van der Waals surface area contributed by atoms with Gasteiger partial charge in [0.15, 0.2) is 5.01 Å². The molecule has 6 heteroatoms. The largest absolute Gasteiger partial charge is 0.391 e. The van der Waals surface area contributed by atoms with Crippen molar-refractivity contribution in [1.82, 2.24) is 14.9 Å². The van der Waals surface area contributed by atoms with Gasteiger partial charge in [0.2, 0.25) is 0 Å². The summed E-state index contributed by atoms with van der Waals surface area (Å²) in [5.74, 6) is -0.0903. The number of carbonyl (C=O) groups is 1. The quantitative estimate of drug-likeness (QED) is 0.861. The second-order valence-electron chi connectivity index (χ2n) is 4.81. The second kappa shape index (κ2) is 4.86. The van der Waals surface area contributed by atoms with E-state index in [2.05, 4.69) is 9.97 Å². The Morgan fingerprint density at radius 1 is 1.58 bits per heavy atom. The summed E-state index contributed by atoms with van der Waals surface area (Å²) in [6, 6.07) is 1.71. The molecular formula is C13H15N3O2S. The van der Waals surface area contributed by atoms with Crippen LogP contribution in [0.25, 0.3) is 10.2 Å². The van der Waals surface area contributed by atoms with Gasteiger partial charge in [-0.3, -0.25) is 9.78 Å². The van der Waals surface area contributed by atoms with Crippen LogP contribution in [0.3, 0.4) is 0 Å². The first-order valence-corrected chi connectivity index (χ1v) is 7.18. The lowest BCUT2D eigenvalue weighted by Crippen LogP contribution is -2.49. The van der Waals surface area contributed by atoms with Crippen molar-refractivity contribution in [1.29, 1.82) is 0 Å². The van der Waals surface area contributed by atoms with Crippen LogP contribution in [0.2, 0.25) is 0 Å². The first-order valence-electron chi connectivity index (χ1n) is 6.36. The fourth-order valence-corrected chi connectivity index (χ4v) is 3.29. The number of pyridine rings is 1. The third-order valence-corrected chi connectivity index (χ3v) is 4.61. The van der Waals surface area contributed by atoms with E-state index in [-0.39, 0.29) is 11.9 Å². The lowest BCUT2D eigenvalue weighted by atomic mass is 10.0. The number of aliphatic hydroxyl groups excluding tert-OH is 1. The summed E-state index contributed by atoms with van der Waals surface area (Å²) >= 11 is 1.38. The molecule has 2 aromatic rings. The summed E-state index contributed by atoms with van der Waals surface area (Å²) in [4.78, 5) is 22.5. The maximum atomic E-state index is 12.5. The van der Waals surface area contributed by atoms with Gasteiger partial charge < -0.3 is 10.0 Å². The number of thiazole rings is 1.